The number of fused-ring (bicyclic) bond motifs is 5. The van der Waals surface area contributed by atoms with Gasteiger partial charge in [-0.15, -0.1) is 0 Å². The van der Waals surface area contributed by atoms with Crippen LogP contribution < -0.4 is 5.73 Å². The minimum Gasteiger partial charge on any atom is -0.391 e. The van der Waals surface area contributed by atoms with Gasteiger partial charge in [-0.1, -0.05) is 38.2 Å². The van der Waals surface area contributed by atoms with Crippen LogP contribution in [0.5, 0.6) is 0 Å². The predicted octanol–water partition coefficient (Wildman–Crippen LogP) is 2.24. The minimum atomic E-state index is -0.351. The first kappa shape index (κ1) is 14.9. The van der Waals surface area contributed by atoms with Crippen molar-refractivity contribution in [2.24, 2.45) is 40.2 Å². The summed E-state index contributed by atoms with van der Waals surface area (Å²) in [7, 11) is 0. The number of aliphatic hydroxyl groups is 2. The van der Waals surface area contributed by atoms with Gasteiger partial charge < -0.3 is 15.9 Å². The third kappa shape index (κ3) is 1.79. The van der Waals surface area contributed by atoms with E-state index in [-0.39, 0.29) is 29.1 Å². The van der Waals surface area contributed by atoms with Crippen molar-refractivity contribution in [1.29, 1.82) is 0 Å². The summed E-state index contributed by atoms with van der Waals surface area (Å²) in [6, 6.07) is -0.0823. The summed E-state index contributed by atoms with van der Waals surface area (Å²) < 4.78 is 0. The molecule has 0 aromatic heterocycles. The Kier molecular flexibility index (Phi) is 3.18. The zero-order valence-corrected chi connectivity index (χ0v) is 13.7. The number of rotatable bonds is 0. The van der Waals surface area contributed by atoms with Crippen LogP contribution in [-0.2, 0) is 0 Å². The van der Waals surface area contributed by atoms with Crippen molar-refractivity contribution in [2.45, 2.75) is 57.8 Å². The Balaban J connectivity index is 1.71. The van der Waals surface area contributed by atoms with Crippen LogP contribution in [0.3, 0.4) is 0 Å². The number of hydrogen-bond donors (Lipinski definition) is 3. The molecule has 9 atom stereocenters. The maximum absolute atomic E-state index is 10.3. The van der Waals surface area contributed by atoms with Crippen LogP contribution in [0, 0.1) is 34.5 Å². The van der Waals surface area contributed by atoms with Gasteiger partial charge in [0.15, 0.2) is 0 Å². The molecule has 0 amide bonds. The van der Waals surface area contributed by atoms with Crippen LogP contribution in [0.2, 0.25) is 0 Å². The summed E-state index contributed by atoms with van der Waals surface area (Å²) in [5, 5.41) is 20.3. The molecule has 3 heteroatoms. The second kappa shape index (κ2) is 4.68. The molecule has 4 rings (SSSR count). The standard InChI is InChI=1S/C19H29NO2/c1-18-7-5-12(21)9-11(18)3-4-13-14(18)6-8-19(2)15(13)10-16(22)17(19)20/h3-5,7,11-17,21-22H,6,8-10,20H2,1-2H3/t11?,12?,13-,14-,15+,16?,17?,18+,19+/m1/s1. The molecule has 0 radical (unpaired) electrons. The highest BCUT2D eigenvalue weighted by Crippen LogP contribution is 2.63. The van der Waals surface area contributed by atoms with Gasteiger partial charge in [-0.25, -0.2) is 0 Å². The van der Waals surface area contributed by atoms with Crippen LogP contribution in [0.4, 0.5) is 0 Å². The Morgan fingerprint density at radius 1 is 1.05 bits per heavy atom. The van der Waals surface area contributed by atoms with Crippen LogP contribution in [-0.4, -0.2) is 28.5 Å². The normalized spacial score (nSPS) is 59.8. The third-order valence-electron chi connectivity index (χ3n) is 7.78. The maximum atomic E-state index is 10.3. The summed E-state index contributed by atoms with van der Waals surface area (Å²) in [5.74, 6) is 2.06. The van der Waals surface area contributed by atoms with Gasteiger partial charge in [0.1, 0.15) is 0 Å². The van der Waals surface area contributed by atoms with Gasteiger partial charge in [-0.2, -0.15) is 0 Å². The minimum absolute atomic E-state index is 0.0754. The topological polar surface area (TPSA) is 66.5 Å². The van der Waals surface area contributed by atoms with Crippen molar-refractivity contribution >= 4 is 0 Å². The summed E-state index contributed by atoms with van der Waals surface area (Å²) in [6.45, 7) is 4.66. The molecule has 4 aliphatic carbocycles. The van der Waals surface area contributed by atoms with Gasteiger partial charge in [0.2, 0.25) is 0 Å². The molecule has 0 aromatic carbocycles. The van der Waals surface area contributed by atoms with Gasteiger partial charge in [0.05, 0.1) is 12.2 Å². The number of allylic oxidation sites excluding steroid dienone is 3. The van der Waals surface area contributed by atoms with Gasteiger partial charge in [0.25, 0.3) is 0 Å². The van der Waals surface area contributed by atoms with Gasteiger partial charge in [-0.05, 0) is 60.2 Å². The van der Waals surface area contributed by atoms with E-state index in [1.165, 1.54) is 6.42 Å². The first-order chi connectivity index (χ1) is 10.4. The third-order valence-corrected chi connectivity index (χ3v) is 7.78. The summed E-state index contributed by atoms with van der Waals surface area (Å²) in [5.41, 5.74) is 6.58. The van der Waals surface area contributed by atoms with E-state index >= 15 is 0 Å². The molecular formula is C19H29NO2. The van der Waals surface area contributed by atoms with E-state index in [9.17, 15) is 10.2 Å². The summed E-state index contributed by atoms with van der Waals surface area (Å²) in [4.78, 5) is 0. The Labute approximate surface area is 133 Å². The van der Waals surface area contributed by atoms with Crippen molar-refractivity contribution < 1.29 is 10.2 Å². The number of nitrogens with two attached hydrogens (primary N) is 1. The lowest BCUT2D eigenvalue weighted by molar-refractivity contribution is -0.0233. The Morgan fingerprint density at radius 2 is 1.82 bits per heavy atom. The molecule has 2 fully saturated rings. The van der Waals surface area contributed by atoms with E-state index < -0.39 is 0 Å². The molecule has 0 aromatic rings. The Hall–Kier alpha value is -0.640. The lowest BCUT2D eigenvalue weighted by atomic mass is 9.48. The summed E-state index contributed by atoms with van der Waals surface area (Å²) >= 11 is 0. The Morgan fingerprint density at radius 3 is 2.59 bits per heavy atom. The molecule has 4 aliphatic rings. The molecule has 0 saturated heterocycles. The average Bonchev–Trinajstić information content (AvgIpc) is 2.72. The van der Waals surface area contributed by atoms with E-state index in [4.69, 9.17) is 5.73 Å². The fourth-order valence-electron chi connectivity index (χ4n) is 6.23. The lowest BCUT2D eigenvalue weighted by Crippen LogP contribution is -2.53. The largest absolute Gasteiger partial charge is 0.391 e. The van der Waals surface area contributed by atoms with Crippen LogP contribution in [0.15, 0.2) is 24.3 Å². The van der Waals surface area contributed by atoms with Gasteiger partial charge in [-0.3, -0.25) is 0 Å². The van der Waals surface area contributed by atoms with Crippen molar-refractivity contribution in [3.63, 3.8) is 0 Å². The second-order valence-corrected chi connectivity index (χ2v) is 8.68. The first-order valence-electron chi connectivity index (χ1n) is 8.85. The second-order valence-electron chi connectivity index (χ2n) is 8.68. The molecule has 4 unspecified atom stereocenters. The van der Waals surface area contributed by atoms with Gasteiger partial charge >= 0.3 is 0 Å². The fraction of sp³-hybridized carbons (Fsp3) is 0.789. The highest BCUT2D eigenvalue weighted by atomic mass is 16.3. The van der Waals surface area contributed by atoms with Crippen LogP contribution in [0.1, 0.15) is 39.5 Å². The van der Waals surface area contributed by atoms with E-state index in [0.29, 0.717) is 23.7 Å². The molecule has 122 valence electrons. The zero-order chi connectivity index (χ0) is 15.7. The highest BCUT2D eigenvalue weighted by Gasteiger charge is 2.59. The lowest BCUT2D eigenvalue weighted by Gasteiger charge is -2.56. The maximum Gasteiger partial charge on any atom is 0.0727 e. The molecular weight excluding hydrogens is 274 g/mol. The summed E-state index contributed by atoms with van der Waals surface area (Å²) in [6.07, 6.45) is 12.3. The predicted molar refractivity (Wildman–Crippen MR) is 86.9 cm³/mol. The van der Waals surface area contributed by atoms with Crippen molar-refractivity contribution in [2.75, 3.05) is 0 Å². The quantitative estimate of drug-likeness (QED) is 0.601. The first-order valence-corrected chi connectivity index (χ1v) is 8.85. The average molecular weight is 303 g/mol. The highest BCUT2D eigenvalue weighted by molar-refractivity contribution is 5.25. The smallest absolute Gasteiger partial charge is 0.0727 e. The fourth-order valence-corrected chi connectivity index (χ4v) is 6.23. The molecule has 0 aliphatic heterocycles. The molecule has 0 bridgehead atoms. The van der Waals surface area contributed by atoms with E-state index in [1.54, 1.807) is 0 Å². The molecule has 3 nitrogen and oxygen atoms in total. The zero-order valence-electron chi connectivity index (χ0n) is 13.7. The van der Waals surface area contributed by atoms with E-state index in [2.05, 4.69) is 32.1 Å². The van der Waals surface area contributed by atoms with Crippen molar-refractivity contribution in [1.82, 2.24) is 0 Å². The monoisotopic (exact) mass is 303 g/mol. The van der Waals surface area contributed by atoms with Crippen molar-refractivity contribution in [3.8, 4) is 0 Å². The van der Waals surface area contributed by atoms with E-state index in [1.807, 2.05) is 6.08 Å². The SMILES string of the molecule is C[C@]12C=CC(O)CC1C=C[C@@H]1[C@H]2CC[C@]2(C)C(N)C(O)C[C@@H]12. The van der Waals surface area contributed by atoms with Crippen LogP contribution >= 0.6 is 0 Å². The van der Waals surface area contributed by atoms with Crippen LogP contribution in [0.25, 0.3) is 0 Å². The number of aliphatic hydroxyl groups excluding tert-OH is 2. The van der Waals surface area contributed by atoms with E-state index in [0.717, 1.165) is 19.3 Å². The Bertz CT molecular complexity index is 530. The molecule has 22 heavy (non-hydrogen) atoms. The van der Waals surface area contributed by atoms with Crippen molar-refractivity contribution in [3.05, 3.63) is 24.3 Å². The molecule has 0 spiro atoms. The number of hydrogen-bond acceptors (Lipinski definition) is 3. The molecule has 0 heterocycles. The molecule has 2 saturated carbocycles. The van der Waals surface area contributed by atoms with Gasteiger partial charge in [0, 0.05) is 6.04 Å². The molecule has 4 N–H and O–H groups in total.